The van der Waals surface area contributed by atoms with Crippen LogP contribution in [-0.2, 0) is 10.3 Å². The van der Waals surface area contributed by atoms with E-state index < -0.39 is 11.5 Å². The largest absolute Gasteiger partial charge is 0.480 e. The van der Waals surface area contributed by atoms with Crippen molar-refractivity contribution in [3.05, 3.63) is 35.4 Å². The lowest BCUT2D eigenvalue weighted by Gasteiger charge is -2.26. The van der Waals surface area contributed by atoms with Crippen molar-refractivity contribution < 1.29 is 9.90 Å². The maximum atomic E-state index is 11.3. The number of carboxylic acid groups (broad SMARTS) is 1. The van der Waals surface area contributed by atoms with E-state index in [0.717, 1.165) is 5.56 Å². The molecule has 3 heteroatoms. The van der Waals surface area contributed by atoms with E-state index in [1.807, 2.05) is 19.1 Å². The number of carboxylic acids is 1. The van der Waals surface area contributed by atoms with Crippen LogP contribution in [-0.4, -0.2) is 17.6 Å². The van der Waals surface area contributed by atoms with Crippen molar-refractivity contribution >= 4 is 5.97 Å². The Hall–Kier alpha value is -1.79. The fourth-order valence-corrected chi connectivity index (χ4v) is 1.42. The summed E-state index contributed by atoms with van der Waals surface area (Å²) in [6.07, 6.45) is 5.13. The second kappa shape index (κ2) is 4.82. The molecule has 1 aromatic carbocycles. The molecule has 0 aliphatic carbocycles. The quantitative estimate of drug-likeness (QED) is 0.752. The number of carbonyl (C=O) groups is 1. The molecule has 1 unspecified atom stereocenters. The monoisotopic (exact) mass is 217 g/mol. The van der Waals surface area contributed by atoms with Crippen LogP contribution in [0.2, 0.25) is 0 Å². The van der Waals surface area contributed by atoms with Gasteiger partial charge in [0.25, 0.3) is 0 Å². The van der Waals surface area contributed by atoms with Crippen LogP contribution in [0.4, 0.5) is 0 Å². The minimum absolute atomic E-state index is 0.219. The lowest BCUT2D eigenvalue weighted by Crippen LogP contribution is -2.46. The van der Waals surface area contributed by atoms with Crippen LogP contribution < -0.4 is 5.32 Å². The van der Waals surface area contributed by atoms with E-state index in [1.165, 1.54) is 0 Å². The van der Waals surface area contributed by atoms with E-state index in [0.29, 0.717) is 5.56 Å². The molecule has 1 rings (SSSR count). The lowest BCUT2D eigenvalue weighted by molar-refractivity contribution is -0.144. The van der Waals surface area contributed by atoms with Gasteiger partial charge in [-0.3, -0.25) is 5.32 Å². The Balaban J connectivity index is 3.07. The number of hydrogen-bond donors (Lipinski definition) is 2. The van der Waals surface area contributed by atoms with Gasteiger partial charge in [-0.05, 0) is 19.4 Å². The van der Waals surface area contributed by atoms with Gasteiger partial charge in [-0.25, -0.2) is 4.79 Å². The first-order valence-corrected chi connectivity index (χ1v) is 4.99. The molecule has 0 radical (unpaired) electrons. The molecule has 0 spiro atoms. The third-order valence-corrected chi connectivity index (χ3v) is 2.60. The number of aryl methyl sites for hydroxylation is 1. The number of hydrogen-bond acceptors (Lipinski definition) is 2. The third kappa shape index (κ3) is 2.41. The Bertz CT molecular complexity index is 417. The number of aliphatic carboxylic acids is 1. The normalized spacial score (nSPS) is 13.8. The summed E-state index contributed by atoms with van der Waals surface area (Å²) in [5.41, 5.74) is 0.648. The SMILES string of the molecule is C#CCNC(C)(C(=O)O)c1ccc(C)cc1. The highest BCUT2D eigenvalue weighted by atomic mass is 16.4. The highest BCUT2D eigenvalue weighted by Gasteiger charge is 2.34. The summed E-state index contributed by atoms with van der Waals surface area (Å²) in [5, 5.41) is 12.1. The van der Waals surface area contributed by atoms with Crippen molar-refractivity contribution in [1.82, 2.24) is 5.32 Å². The van der Waals surface area contributed by atoms with Gasteiger partial charge in [0.15, 0.2) is 0 Å². The van der Waals surface area contributed by atoms with Gasteiger partial charge in [-0.1, -0.05) is 35.7 Å². The number of rotatable bonds is 4. The van der Waals surface area contributed by atoms with Crippen molar-refractivity contribution in [1.29, 1.82) is 0 Å². The molecule has 0 bridgehead atoms. The van der Waals surface area contributed by atoms with Crippen molar-refractivity contribution in [2.75, 3.05) is 6.54 Å². The van der Waals surface area contributed by atoms with Gasteiger partial charge >= 0.3 is 5.97 Å². The minimum atomic E-state index is -1.14. The number of terminal acetylenes is 1. The zero-order valence-corrected chi connectivity index (χ0v) is 9.45. The topological polar surface area (TPSA) is 49.3 Å². The van der Waals surface area contributed by atoms with Crippen LogP contribution in [0.1, 0.15) is 18.1 Å². The second-order valence-corrected chi connectivity index (χ2v) is 3.85. The first-order chi connectivity index (χ1) is 7.50. The number of benzene rings is 1. The second-order valence-electron chi connectivity index (χ2n) is 3.85. The molecule has 0 aliphatic rings. The summed E-state index contributed by atoms with van der Waals surface area (Å²) in [6, 6.07) is 7.36. The van der Waals surface area contributed by atoms with Crippen LogP contribution in [0, 0.1) is 19.3 Å². The van der Waals surface area contributed by atoms with Gasteiger partial charge in [0.2, 0.25) is 0 Å². The molecule has 0 fully saturated rings. The predicted octanol–water partition coefficient (Wildman–Crippen LogP) is 1.52. The fourth-order valence-electron chi connectivity index (χ4n) is 1.42. The molecule has 2 N–H and O–H groups in total. The maximum absolute atomic E-state index is 11.3. The van der Waals surface area contributed by atoms with E-state index in [4.69, 9.17) is 6.42 Å². The molecule has 3 nitrogen and oxygen atoms in total. The highest BCUT2D eigenvalue weighted by molar-refractivity contribution is 5.80. The molecule has 0 saturated heterocycles. The van der Waals surface area contributed by atoms with Crippen LogP contribution >= 0.6 is 0 Å². The van der Waals surface area contributed by atoms with Crippen molar-refractivity contribution in [3.63, 3.8) is 0 Å². The van der Waals surface area contributed by atoms with E-state index in [1.54, 1.807) is 19.1 Å². The highest BCUT2D eigenvalue weighted by Crippen LogP contribution is 2.21. The smallest absolute Gasteiger partial charge is 0.328 e. The van der Waals surface area contributed by atoms with Crippen LogP contribution in [0.5, 0.6) is 0 Å². The summed E-state index contributed by atoms with van der Waals surface area (Å²) >= 11 is 0. The summed E-state index contributed by atoms with van der Waals surface area (Å²) in [7, 11) is 0. The molecular formula is C13H15NO2. The van der Waals surface area contributed by atoms with Gasteiger partial charge < -0.3 is 5.11 Å². The maximum Gasteiger partial charge on any atom is 0.328 e. The summed E-state index contributed by atoms with van der Waals surface area (Å²) in [4.78, 5) is 11.3. The third-order valence-electron chi connectivity index (χ3n) is 2.60. The Morgan fingerprint density at radius 2 is 2.06 bits per heavy atom. The van der Waals surface area contributed by atoms with Crippen molar-refractivity contribution in [2.45, 2.75) is 19.4 Å². The van der Waals surface area contributed by atoms with Crippen LogP contribution in [0.3, 0.4) is 0 Å². The van der Waals surface area contributed by atoms with Gasteiger partial charge in [-0.2, -0.15) is 0 Å². The van der Waals surface area contributed by atoms with Crippen molar-refractivity contribution in [3.8, 4) is 12.3 Å². The molecule has 1 atom stereocenters. The first kappa shape index (κ1) is 12.3. The average Bonchev–Trinajstić information content (AvgIpc) is 2.26. The molecule has 1 aromatic rings. The molecule has 0 saturated carbocycles. The Kier molecular flexibility index (Phi) is 3.70. The molecular weight excluding hydrogens is 202 g/mol. The minimum Gasteiger partial charge on any atom is -0.480 e. The van der Waals surface area contributed by atoms with Crippen LogP contribution in [0.25, 0.3) is 0 Å². The van der Waals surface area contributed by atoms with Gasteiger partial charge in [0, 0.05) is 0 Å². The molecule has 0 aromatic heterocycles. The van der Waals surface area contributed by atoms with E-state index in [2.05, 4.69) is 11.2 Å². The number of nitrogens with one attached hydrogen (secondary N) is 1. The fraction of sp³-hybridized carbons (Fsp3) is 0.308. The molecule has 0 amide bonds. The Morgan fingerprint density at radius 3 is 2.50 bits per heavy atom. The molecule has 0 aliphatic heterocycles. The molecule has 0 heterocycles. The lowest BCUT2D eigenvalue weighted by atomic mass is 9.91. The van der Waals surface area contributed by atoms with Crippen LogP contribution in [0.15, 0.2) is 24.3 Å². The zero-order chi connectivity index (χ0) is 12.2. The van der Waals surface area contributed by atoms with E-state index >= 15 is 0 Å². The summed E-state index contributed by atoms with van der Waals surface area (Å²) in [6.45, 7) is 3.78. The van der Waals surface area contributed by atoms with Gasteiger partial charge in [-0.15, -0.1) is 6.42 Å². The summed E-state index contributed by atoms with van der Waals surface area (Å²) < 4.78 is 0. The van der Waals surface area contributed by atoms with E-state index in [-0.39, 0.29) is 6.54 Å². The Labute approximate surface area is 95.5 Å². The van der Waals surface area contributed by atoms with Crippen molar-refractivity contribution in [2.24, 2.45) is 0 Å². The molecule has 84 valence electrons. The molecule has 16 heavy (non-hydrogen) atoms. The predicted molar refractivity (Wildman–Crippen MR) is 63.0 cm³/mol. The zero-order valence-electron chi connectivity index (χ0n) is 9.45. The van der Waals surface area contributed by atoms with Gasteiger partial charge in [0.1, 0.15) is 5.54 Å². The average molecular weight is 217 g/mol. The van der Waals surface area contributed by atoms with E-state index in [9.17, 15) is 9.90 Å². The summed E-state index contributed by atoms with van der Waals surface area (Å²) in [5.74, 6) is 1.45. The Morgan fingerprint density at radius 1 is 1.50 bits per heavy atom. The van der Waals surface area contributed by atoms with Gasteiger partial charge in [0.05, 0.1) is 6.54 Å². The standard InChI is InChI=1S/C13H15NO2/c1-4-9-14-13(3,12(15)16)11-7-5-10(2)6-8-11/h1,5-8,14H,9H2,2-3H3,(H,15,16). The first-order valence-electron chi connectivity index (χ1n) is 4.99.